The molecule has 0 fully saturated rings. The largest absolute Gasteiger partial charge is 0.748 e. The molecule has 9 heteroatoms. The van der Waals surface area contributed by atoms with E-state index in [1.165, 1.54) is 0 Å². The summed E-state index contributed by atoms with van der Waals surface area (Å²) >= 11 is 0. The Morgan fingerprint density at radius 2 is 1.60 bits per heavy atom. The maximum absolute atomic E-state index is 10.7. The van der Waals surface area contributed by atoms with Gasteiger partial charge < -0.3 is 9.04 Å². The predicted octanol–water partition coefficient (Wildman–Crippen LogP) is -1.51. The van der Waals surface area contributed by atoms with Crippen molar-refractivity contribution in [2.24, 2.45) is 0 Å². The van der Waals surface area contributed by atoms with E-state index >= 15 is 0 Å². The minimum atomic E-state index is -4.74. The van der Waals surface area contributed by atoms with E-state index in [0.29, 0.717) is 0 Å². The lowest BCUT2D eigenvalue weighted by atomic mass is 10.4. The zero-order valence-corrected chi connectivity index (χ0v) is 10.4. The van der Waals surface area contributed by atoms with Gasteiger partial charge in [0.1, 0.15) is 15.4 Å². The number of quaternary nitrogens is 1. The monoisotopic (exact) mass is 261 g/mol. The second-order valence-electron chi connectivity index (χ2n) is 4.34. The molecule has 0 saturated heterocycles. The molecule has 0 spiro atoms. The van der Waals surface area contributed by atoms with E-state index in [2.05, 4.69) is 0 Å². The van der Waals surface area contributed by atoms with Gasteiger partial charge in [0.2, 0.25) is 0 Å². The molecular weight excluding hydrogens is 246 g/mol. The molecule has 0 heterocycles. The second-order valence-corrected chi connectivity index (χ2v) is 7.49. The third kappa shape index (κ3) is 7.68. The van der Waals surface area contributed by atoms with Gasteiger partial charge in [-0.25, -0.2) is 8.42 Å². The molecule has 0 radical (unpaired) electrons. The molecule has 1 N–H and O–H groups in total. The van der Waals surface area contributed by atoms with Crippen LogP contribution in [-0.4, -0.2) is 69.1 Å². The first-order chi connectivity index (χ1) is 6.31. The van der Waals surface area contributed by atoms with E-state index in [9.17, 15) is 21.4 Å². The molecule has 0 aromatic rings. The minimum absolute atomic E-state index is 0.113. The first-order valence-corrected chi connectivity index (χ1v) is 7.10. The van der Waals surface area contributed by atoms with Crippen molar-refractivity contribution in [2.75, 3.05) is 33.4 Å². The summed E-state index contributed by atoms with van der Waals surface area (Å²) in [7, 11) is -4.36. The van der Waals surface area contributed by atoms with Gasteiger partial charge in [0, 0.05) is 0 Å². The van der Waals surface area contributed by atoms with Crippen molar-refractivity contribution in [1.82, 2.24) is 0 Å². The van der Waals surface area contributed by atoms with Gasteiger partial charge in [0.05, 0.1) is 33.4 Å². The Hall–Kier alpha value is -0.220. The molecule has 7 nitrogen and oxygen atoms in total. The average molecular weight is 261 g/mol. The van der Waals surface area contributed by atoms with Crippen molar-refractivity contribution >= 4 is 20.2 Å². The lowest BCUT2D eigenvalue weighted by Gasteiger charge is -2.29. The van der Waals surface area contributed by atoms with Crippen LogP contribution in [0.3, 0.4) is 0 Å². The van der Waals surface area contributed by atoms with Crippen LogP contribution in [0.25, 0.3) is 0 Å². The summed E-state index contributed by atoms with van der Waals surface area (Å²) in [6, 6.07) is 0. The van der Waals surface area contributed by atoms with Crippen LogP contribution in [-0.2, 0) is 20.2 Å². The van der Waals surface area contributed by atoms with Crippen LogP contribution in [0.1, 0.15) is 0 Å². The quantitative estimate of drug-likeness (QED) is 0.476. The highest BCUT2D eigenvalue weighted by Gasteiger charge is 2.28. The zero-order chi connectivity index (χ0) is 12.5. The van der Waals surface area contributed by atoms with Gasteiger partial charge in [-0.05, 0) is 0 Å². The van der Waals surface area contributed by atoms with Gasteiger partial charge >= 0.3 is 0 Å². The summed E-state index contributed by atoms with van der Waals surface area (Å²) < 4.78 is 61.9. The van der Waals surface area contributed by atoms with E-state index in [1.54, 1.807) is 21.1 Å². The van der Waals surface area contributed by atoms with Crippen LogP contribution < -0.4 is 0 Å². The molecule has 92 valence electrons. The standard InChI is InChI=1S/C6H15NO6S2/c1-7(2,3)4-6(15(11,12)13)5-14(8,9)10/h6H,4-5H2,1-3H3,(H-,8,9,10,11,12,13). The number of nitrogens with zero attached hydrogens (tertiary/aromatic N) is 1. The van der Waals surface area contributed by atoms with E-state index in [4.69, 9.17) is 4.55 Å². The summed E-state index contributed by atoms with van der Waals surface area (Å²) in [5.74, 6) is -1.06. The maximum Gasteiger partial charge on any atom is 0.266 e. The lowest BCUT2D eigenvalue weighted by Crippen LogP contribution is -2.46. The Morgan fingerprint density at radius 1 is 1.20 bits per heavy atom. The van der Waals surface area contributed by atoms with Crippen LogP contribution >= 0.6 is 0 Å². The van der Waals surface area contributed by atoms with Crippen LogP contribution in [0.2, 0.25) is 0 Å². The Bertz CT molecular complexity index is 403. The molecule has 0 saturated carbocycles. The van der Waals surface area contributed by atoms with Gasteiger partial charge in [-0.1, -0.05) is 0 Å². The summed E-state index contributed by atoms with van der Waals surface area (Å²) in [5, 5.41) is -1.63. The van der Waals surface area contributed by atoms with E-state index in [-0.39, 0.29) is 11.0 Å². The van der Waals surface area contributed by atoms with E-state index < -0.39 is 31.2 Å². The van der Waals surface area contributed by atoms with E-state index in [0.717, 1.165) is 0 Å². The van der Waals surface area contributed by atoms with Crippen molar-refractivity contribution in [2.45, 2.75) is 5.25 Å². The predicted molar refractivity (Wildman–Crippen MR) is 52.8 cm³/mol. The van der Waals surface area contributed by atoms with Gasteiger partial charge in [-0.3, -0.25) is 4.55 Å². The molecule has 1 unspecified atom stereocenters. The van der Waals surface area contributed by atoms with Gasteiger partial charge in [-0.2, -0.15) is 8.42 Å². The SMILES string of the molecule is C[N+](C)(C)CC(CS(=O)(=O)O)S(=O)(=O)[O-]. The smallest absolute Gasteiger partial charge is 0.266 e. The van der Waals surface area contributed by atoms with Crippen molar-refractivity contribution in [3.63, 3.8) is 0 Å². The highest BCUT2D eigenvalue weighted by atomic mass is 32.2. The first kappa shape index (κ1) is 14.8. The number of hydrogen-bond acceptors (Lipinski definition) is 5. The summed E-state index contributed by atoms with van der Waals surface area (Å²) in [5.41, 5.74) is 0. The molecule has 0 aromatic carbocycles. The van der Waals surface area contributed by atoms with Gasteiger partial charge in [-0.15, -0.1) is 0 Å². The third-order valence-corrected chi connectivity index (χ3v) is 3.72. The molecular formula is C6H15NO6S2. The first-order valence-electron chi connectivity index (χ1n) is 4.01. The van der Waals surface area contributed by atoms with Gasteiger partial charge in [0.15, 0.2) is 0 Å². The highest BCUT2D eigenvalue weighted by Crippen LogP contribution is 2.07. The van der Waals surface area contributed by atoms with Crippen LogP contribution in [0.5, 0.6) is 0 Å². The Kier molecular flexibility index (Phi) is 4.27. The van der Waals surface area contributed by atoms with Crippen LogP contribution in [0, 0.1) is 0 Å². The minimum Gasteiger partial charge on any atom is -0.748 e. The van der Waals surface area contributed by atoms with Crippen molar-refractivity contribution in [3.8, 4) is 0 Å². The molecule has 0 aliphatic heterocycles. The molecule has 0 aliphatic carbocycles. The summed E-state index contributed by atoms with van der Waals surface area (Å²) in [6.45, 7) is -0.175. The van der Waals surface area contributed by atoms with Crippen LogP contribution in [0.4, 0.5) is 0 Å². The molecule has 0 aliphatic rings. The molecule has 15 heavy (non-hydrogen) atoms. The Morgan fingerprint density at radius 3 is 1.80 bits per heavy atom. The second kappa shape index (κ2) is 4.34. The number of rotatable bonds is 5. The normalized spacial score (nSPS) is 16.3. The lowest BCUT2D eigenvalue weighted by molar-refractivity contribution is -0.869. The molecule has 0 aromatic heterocycles. The fourth-order valence-electron chi connectivity index (χ4n) is 1.07. The number of hydrogen-bond donors (Lipinski definition) is 1. The average Bonchev–Trinajstić information content (AvgIpc) is 1.75. The Labute approximate surface area is 89.8 Å². The summed E-state index contributed by atoms with van der Waals surface area (Å²) in [4.78, 5) is 0. The van der Waals surface area contributed by atoms with Crippen LogP contribution in [0.15, 0.2) is 0 Å². The van der Waals surface area contributed by atoms with Crippen molar-refractivity contribution in [3.05, 3.63) is 0 Å². The Balaban J connectivity index is 4.95. The van der Waals surface area contributed by atoms with Crippen molar-refractivity contribution in [1.29, 1.82) is 0 Å². The molecule has 0 amide bonds. The third-order valence-electron chi connectivity index (χ3n) is 1.56. The molecule has 0 bridgehead atoms. The van der Waals surface area contributed by atoms with Crippen molar-refractivity contribution < 1.29 is 30.4 Å². The zero-order valence-electron chi connectivity index (χ0n) is 8.74. The fourth-order valence-corrected chi connectivity index (χ4v) is 3.46. The molecule has 0 rings (SSSR count). The molecule has 1 atom stereocenters. The maximum atomic E-state index is 10.7. The van der Waals surface area contributed by atoms with E-state index in [1.807, 2.05) is 0 Å². The highest BCUT2D eigenvalue weighted by molar-refractivity contribution is 7.90. The topological polar surface area (TPSA) is 112 Å². The fraction of sp³-hybridized carbons (Fsp3) is 1.00. The van der Waals surface area contributed by atoms with Gasteiger partial charge in [0.25, 0.3) is 10.1 Å². The summed E-state index contributed by atoms with van der Waals surface area (Å²) in [6.07, 6.45) is 0.